The van der Waals surface area contributed by atoms with Crippen LogP contribution in [0.5, 0.6) is 5.75 Å². The summed E-state index contributed by atoms with van der Waals surface area (Å²) in [5, 5.41) is 4.29. The molecular weight excluding hydrogens is 282 g/mol. The average Bonchev–Trinajstić information content (AvgIpc) is 2.45. The summed E-state index contributed by atoms with van der Waals surface area (Å²) in [7, 11) is 0. The molecule has 0 amide bonds. The fourth-order valence-corrected chi connectivity index (χ4v) is 2.37. The van der Waals surface area contributed by atoms with Gasteiger partial charge in [0.1, 0.15) is 5.75 Å². The molecule has 0 saturated carbocycles. The highest BCUT2D eigenvalue weighted by Crippen LogP contribution is 2.22. The third-order valence-corrected chi connectivity index (χ3v) is 3.52. The van der Waals surface area contributed by atoms with Gasteiger partial charge < -0.3 is 10.1 Å². The number of benzene rings is 2. The number of hydrogen-bond donors (Lipinski definition) is 1. The molecular formula is C18H22ClNO. The molecule has 2 aromatic carbocycles. The van der Waals surface area contributed by atoms with Crippen LogP contribution in [0, 0.1) is 0 Å². The van der Waals surface area contributed by atoms with E-state index in [1.165, 1.54) is 11.1 Å². The molecule has 3 heteroatoms. The molecule has 0 aliphatic rings. The van der Waals surface area contributed by atoms with E-state index in [1.54, 1.807) is 0 Å². The van der Waals surface area contributed by atoms with E-state index in [2.05, 4.69) is 24.4 Å². The minimum Gasteiger partial charge on any atom is -0.491 e. The first-order chi connectivity index (χ1) is 10.1. The van der Waals surface area contributed by atoms with E-state index in [0.717, 1.165) is 17.3 Å². The van der Waals surface area contributed by atoms with Crippen molar-refractivity contribution >= 4 is 11.6 Å². The second kappa shape index (κ2) is 7.48. The molecule has 0 spiro atoms. The van der Waals surface area contributed by atoms with Gasteiger partial charge in [0.05, 0.1) is 6.10 Å². The smallest absolute Gasteiger partial charge is 0.124 e. The van der Waals surface area contributed by atoms with Crippen molar-refractivity contribution in [3.63, 3.8) is 0 Å². The van der Waals surface area contributed by atoms with Crippen molar-refractivity contribution in [1.29, 1.82) is 0 Å². The van der Waals surface area contributed by atoms with Crippen LogP contribution in [0.3, 0.4) is 0 Å². The Kier molecular flexibility index (Phi) is 5.66. The van der Waals surface area contributed by atoms with Crippen LogP contribution in [0.15, 0.2) is 48.5 Å². The van der Waals surface area contributed by atoms with Crippen molar-refractivity contribution in [3.05, 3.63) is 64.7 Å². The van der Waals surface area contributed by atoms with Crippen molar-refractivity contribution in [2.24, 2.45) is 0 Å². The summed E-state index contributed by atoms with van der Waals surface area (Å²) in [5.74, 6) is 0.943. The van der Waals surface area contributed by atoms with Crippen LogP contribution in [-0.2, 0) is 6.54 Å². The normalized spacial score (nSPS) is 12.4. The average molecular weight is 304 g/mol. The molecule has 0 aliphatic heterocycles. The standard InChI is InChI=1S/C18H22ClNO/c1-13(2)21-18-10-5-4-7-16(18)12-20-14(3)15-8-6-9-17(19)11-15/h4-11,13-14,20H,12H2,1-3H3/t14-/m0/s1. The minimum atomic E-state index is 0.177. The van der Waals surface area contributed by atoms with E-state index in [9.17, 15) is 0 Å². The molecule has 0 unspecified atom stereocenters. The van der Waals surface area contributed by atoms with Crippen molar-refractivity contribution < 1.29 is 4.74 Å². The van der Waals surface area contributed by atoms with Gasteiger partial charge in [0.25, 0.3) is 0 Å². The van der Waals surface area contributed by atoms with Gasteiger partial charge in [-0.2, -0.15) is 0 Å². The van der Waals surface area contributed by atoms with E-state index in [-0.39, 0.29) is 12.1 Å². The van der Waals surface area contributed by atoms with E-state index in [4.69, 9.17) is 16.3 Å². The third kappa shape index (κ3) is 4.76. The van der Waals surface area contributed by atoms with Crippen LogP contribution >= 0.6 is 11.6 Å². The Balaban J connectivity index is 2.02. The number of ether oxygens (including phenoxy) is 1. The zero-order chi connectivity index (χ0) is 15.2. The SMILES string of the molecule is CC(C)Oc1ccccc1CN[C@@H](C)c1cccc(Cl)c1. The first-order valence-electron chi connectivity index (χ1n) is 7.29. The number of halogens is 1. The van der Waals surface area contributed by atoms with E-state index in [1.807, 2.05) is 50.2 Å². The fraction of sp³-hybridized carbons (Fsp3) is 0.333. The molecule has 0 bridgehead atoms. The van der Waals surface area contributed by atoms with Crippen LogP contribution < -0.4 is 10.1 Å². The summed E-state index contributed by atoms with van der Waals surface area (Å²) in [5.41, 5.74) is 2.35. The van der Waals surface area contributed by atoms with Crippen molar-refractivity contribution in [2.75, 3.05) is 0 Å². The summed E-state index contributed by atoms with van der Waals surface area (Å²) in [6, 6.07) is 16.3. The van der Waals surface area contributed by atoms with Crippen LogP contribution in [0.4, 0.5) is 0 Å². The predicted molar refractivity (Wildman–Crippen MR) is 88.9 cm³/mol. The quantitative estimate of drug-likeness (QED) is 0.813. The van der Waals surface area contributed by atoms with Crippen LogP contribution in [-0.4, -0.2) is 6.10 Å². The highest BCUT2D eigenvalue weighted by Gasteiger charge is 2.08. The Morgan fingerprint density at radius 3 is 2.52 bits per heavy atom. The first kappa shape index (κ1) is 15.9. The number of hydrogen-bond acceptors (Lipinski definition) is 2. The molecule has 2 nitrogen and oxygen atoms in total. The maximum absolute atomic E-state index is 6.04. The number of para-hydroxylation sites is 1. The van der Waals surface area contributed by atoms with Gasteiger partial charge in [-0.1, -0.05) is 41.9 Å². The van der Waals surface area contributed by atoms with Gasteiger partial charge in [0.2, 0.25) is 0 Å². The van der Waals surface area contributed by atoms with Crippen LogP contribution in [0.25, 0.3) is 0 Å². The Morgan fingerprint density at radius 1 is 1.05 bits per heavy atom. The summed E-state index contributed by atoms with van der Waals surface area (Å²) in [6.07, 6.45) is 0.177. The van der Waals surface area contributed by atoms with Crippen LogP contribution in [0.2, 0.25) is 5.02 Å². The molecule has 0 fully saturated rings. The highest BCUT2D eigenvalue weighted by molar-refractivity contribution is 6.30. The Bertz CT molecular complexity index is 583. The Morgan fingerprint density at radius 2 is 1.81 bits per heavy atom. The Labute approximate surface area is 132 Å². The Hall–Kier alpha value is -1.51. The topological polar surface area (TPSA) is 21.3 Å². The molecule has 2 rings (SSSR count). The lowest BCUT2D eigenvalue weighted by Crippen LogP contribution is -2.19. The number of nitrogens with one attached hydrogen (secondary N) is 1. The monoisotopic (exact) mass is 303 g/mol. The lowest BCUT2D eigenvalue weighted by Gasteiger charge is -2.18. The maximum Gasteiger partial charge on any atom is 0.124 e. The van der Waals surface area contributed by atoms with E-state index < -0.39 is 0 Å². The van der Waals surface area contributed by atoms with Gasteiger partial charge in [-0.25, -0.2) is 0 Å². The molecule has 1 N–H and O–H groups in total. The van der Waals surface area contributed by atoms with Gasteiger partial charge in [0, 0.05) is 23.2 Å². The molecule has 0 radical (unpaired) electrons. The lowest BCUT2D eigenvalue weighted by molar-refractivity contribution is 0.239. The molecule has 0 saturated heterocycles. The summed E-state index contributed by atoms with van der Waals surface area (Å²) in [4.78, 5) is 0. The molecule has 0 aliphatic carbocycles. The van der Waals surface area contributed by atoms with Gasteiger partial charge in [-0.15, -0.1) is 0 Å². The predicted octanol–water partition coefficient (Wildman–Crippen LogP) is 4.98. The second-order valence-corrected chi connectivity index (χ2v) is 5.87. The van der Waals surface area contributed by atoms with E-state index >= 15 is 0 Å². The van der Waals surface area contributed by atoms with Gasteiger partial charge in [0.15, 0.2) is 0 Å². The highest BCUT2D eigenvalue weighted by atomic mass is 35.5. The summed E-state index contributed by atoms with van der Waals surface area (Å²) in [6.45, 7) is 6.98. The largest absolute Gasteiger partial charge is 0.491 e. The number of rotatable bonds is 6. The zero-order valence-corrected chi connectivity index (χ0v) is 13.5. The zero-order valence-electron chi connectivity index (χ0n) is 12.8. The maximum atomic E-state index is 6.04. The molecule has 1 atom stereocenters. The van der Waals surface area contributed by atoms with Crippen molar-refractivity contribution in [1.82, 2.24) is 5.32 Å². The van der Waals surface area contributed by atoms with Gasteiger partial charge in [-0.3, -0.25) is 0 Å². The summed E-state index contributed by atoms with van der Waals surface area (Å²) >= 11 is 6.04. The van der Waals surface area contributed by atoms with Gasteiger partial charge >= 0.3 is 0 Å². The molecule has 0 aromatic heterocycles. The minimum absolute atomic E-state index is 0.177. The van der Waals surface area contributed by atoms with Crippen molar-refractivity contribution in [2.45, 2.75) is 39.5 Å². The lowest BCUT2D eigenvalue weighted by atomic mass is 10.1. The summed E-state index contributed by atoms with van der Waals surface area (Å²) < 4.78 is 5.84. The van der Waals surface area contributed by atoms with Crippen molar-refractivity contribution in [3.8, 4) is 5.75 Å². The fourth-order valence-electron chi connectivity index (χ4n) is 2.18. The second-order valence-electron chi connectivity index (χ2n) is 5.43. The van der Waals surface area contributed by atoms with Gasteiger partial charge in [-0.05, 0) is 44.5 Å². The molecule has 2 aromatic rings. The van der Waals surface area contributed by atoms with Crippen LogP contribution in [0.1, 0.15) is 37.9 Å². The molecule has 0 heterocycles. The van der Waals surface area contributed by atoms with E-state index in [0.29, 0.717) is 0 Å². The third-order valence-electron chi connectivity index (χ3n) is 3.28. The molecule has 21 heavy (non-hydrogen) atoms. The first-order valence-corrected chi connectivity index (χ1v) is 7.67. The molecule has 112 valence electrons.